The van der Waals surface area contributed by atoms with Crippen LogP contribution in [0.25, 0.3) is 21.8 Å². The number of para-hydroxylation sites is 1. The normalized spacial score (nSPS) is 11.0. The summed E-state index contributed by atoms with van der Waals surface area (Å²) in [7, 11) is 0. The van der Waals surface area contributed by atoms with Crippen LogP contribution in [-0.4, -0.2) is 23.1 Å². The van der Waals surface area contributed by atoms with Crippen LogP contribution in [0.1, 0.15) is 57.9 Å². The lowest BCUT2D eigenvalue weighted by atomic mass is 10.1. The van der Waals surface area contributed by atoms with E-state index in [0.717, 1.165) is 53.6 Å². The van der Waals surface area contributed by atoms with E-state index in [2.05, 4.69) is 30.9 Å². The van der Waals surface area contributed by atoms with Crippen LogP contribution >= 0.6 is 0 Å². The lowest BCUT2D eigenvalue weighted by Crippen LogP contribution is -2.27. The topological polar surface area (TPSA) is 52.8 Å². The second-order valence-electron chi connectivity index (χ2n) is 7.09. The number of hydrogen-bond acceptors (Lipinski definition) is 4. The molecule has 27 heavy (non-hydrogen) atoms. The van der Waals surface area contributed by atoms with Gasteiger partial charge >= 0.3 is 0 Å². The van der Waals surface area contributed by atoms with E-state index >= 15 is 0 Å². The molecule has 0 radical (unpaired) electrons. The van der Waals surface area contributed by atoms with Crippen LogP contribution in [0.2, 0.25) is 0 Å². The van der Waals surface area contributed by atoms with Gasteiger partial charge in [-0.15, -0.1) is 0 Å². The summed E-state index contributed by atoms with van der Waals surface area (Å²) >= 11 is 0. The fourth-order valence-electron chi connectivity index (χ4n) is 3.50. The first-order valence-electron chi connectivity index (χ1n) is 10.1. The van der Waals surface area contributed by atoms with E-state index in [1.165, 1.54) is 25.7 Å². The predicted octanol–water partition coefficient (Wildman–Crippen LogP) is 5.84. The predicted molar refractivity (Wildman–Crippen MR) is 113 cm³/mol. The fraction of sp³-hybridized carbons (Fsp3) is 0.435. The van der Waals surface area contributed by atoms with Crippen molar-refractivity contribution in [3.8, 4) is 6.07 Å². The molecule has 0 spiro atoms. The summed E-state index contributed by atoms with van der Waals surface area (Å²) in [5.74, 6) is 0.792. The molecule has 3 rings (SSSR count). The van der Waals surface area contributed by atoms with Crippen molar-refractivity contribution in [2.75, 3.05) is 18.0 Å². The highest BCUT2D eigenvalue weighted by Gasteiger charge is 2.17. The first kappa shape index (κ1) is 19.1. The Balaban J connectivity index is 2.03. The molecule has 0 aliphatic rings. The highest BCUT2D eigenvalue weighted by molar-refractivity contribution is 5.96. The van der Waals surface area contributed by atoms with E-state index in [1.807, 2.05) is 30.5 Å². The maximum absolute atomic E-state index is 9.92. The van der Waals surface area contributed by atoms with Crippen molar-refractivity contribution < 1.29 is 0 Å². The SMILES string of the molecule is CCCCCN(CCCCC)c1ncc2cc3ccccc3nc2c1C#N. The number of benzene rings is 1. The summed E-state index contributed by atoms with van der Waals surface area (Å²) in [4.78, 5) is 11.8. The number of nitriles is 1. The van der Waals surface area contributed by atoms with Gasteiger partial charge in [0.05, 0.1) is 11.0 Å². The third-order valence-electron chi connectivity index (χ3n) is 5.01. The Morgan fingerprint density at radius 3 is 2.33 bits per heavy atom. The first-order valence-corrected chi connectivity index (χ1v) is 10.1. The molecule has 0 N–H and O–H groups in total. The minimum absolute atomic E-state index is 0.603. The van der Waals surface area contributed by atoms with E-state index in [0.29, 0.717) is 5.56 Å². The van der Waals surface area contributed by atoms with Gasteiger partial charge in [0.25, 0.3) is 0 Å². The molecule has 0 saturated heterocycles. The summed E-state index contributed by atoms with van der Waals surface area (Å²) in [5, 5.41) is 11.9. The van der Waals surface area contributed by atoms with Crippen molar-refractivity contribution in [1.82, 2.24) is 9.97 Å². The Morgan fingerprint density at radius 2 is 1.67 bits per heavy atom. The molecule has 0 atom stereocenters. The van der Waals surface area contributed by atoms with Gasteiger partial charge in [-0.1, -0.05) is 57.7 Å². The number of anilines is 1. The molecule has 4 nitrogen and oxygen atoms in total. The van der Waals surface area contributed by atoms with Gasteiger partial charge in [0.15, 0.2) is 0 Å². The maximum Gasteiger partial charge on any atom is 0.148 e. The van der Waals surface area contributed by atoms with E-state index in [1.54, 1.807) is 0 Å². The zero-order valence-electron chi connectivity index (χ0n) is 16.4. The molecule has 1 aromatic carbocycles. The Morgan fingerprint density at radius 1 is 0.963 bits per heavy atom. The molecular weight excluding hydrogens is 332 g/mol. The quantitative estimate of drug-likeness (QED) is 0.355. The molecule has 140 valence electrons. The number of pyridine rings is 2. The summed E-state index contributed by atoms with van der Waals surface area (Å²) in [6, 6.07) is 12.5. The third kappa shape index (κ3) is 4.36. The molecule has 3 aromatic rings. The molecule has 0 saturated carbocycles. The van der Waals surface area contributed by atoms with Crippen molar-refractivity contribution in [2.24, 2.45) is 0 Å². The molecule has 0 bridgehead atoms. The van der Waals surface area contributed by atoms with E-state index < -0.39 is 0 Å². The Labute approximate surface area is 161 Å². The molecule has 0 amide bonds. The molecule has 0 fully saturated rings. The summed E-state index contributed by atoms with van der Waals surface area (Å²) in [5.41, 5.74) is 2.28. The fourth-order valence-corrected chi connectivity index (χ4v) is 3.50. The maximum atomic E-state index is 9.92. The van der Waals surface area contributed by atoms with E-state index in [9.17, 15) is 5.26 Å². The van der Waals surface area contributed by atoms with Crippen LogP contribution in [-0.2, 0) is 0 Å². The number of aromatic nitrogens is 2. The lowest BCUT2D eigenvalue weighted by molar-refractivity contribution is 0.632. The van der Waals surface area contributed by atoms with Crippen LogP contribution in [0, 0.1) is 11.3 Å². The van der Waals surface area contributed by atoms with Crippen LogP contribution in [0.3, 0.4) is 0 Å². The number of rotatable bonds is 9. The largest absolute Gasteiger partial charge is 0.355 e. The standard InChI is InChI=1S/C23H28N4/c1-3-5-9-13-27(14-10-6-4-2)23-20(16-24)22-19(17-25-23)15-18-11-7-8-12-21(18)26-22/h7-8,11-12,15,17H,3-6,9-10,13-14H2,1-2H3. The highest BCUT2D eigenvalue weighted by Crippen LogP contribution is 2.28. The van der Waals surface area contributed by atoms with Crippen molar-refractivity contribution in [3.63, 3.8) is 0 Å². The average molecular weight is 361 g/mol. The smallest absolute Gasteiger partial charge is 0.148 e. The van der Waals surface area contributed by atoms with Gasteiger partial charge in [-0.3, -0.25) is 0 Å². The van der Waals surface area contributed by atoms with Gasteiger partial charge in [-0.2, -0.15) is 5.26 Å². The van der Waals surface area contributed by atoms with Crippen molar-refractivity contribution in [1.29, 1.82) is 5.26 Å². The first-order chi connectivity index (χ1) is 13.3. The molecule has 0 aliphatic heterocycles. The molecule has 0 unspecified atom stereocenters. The number of nitrogens with zero attached hydrogens (tertiary/aromatic N) is 4. The van der Waals surface area contributed by atoms with Gasteiger partial charge in [-0.25, -0.2) is 9.97 Å². The van der Waals surface area contributed by atoms with E-state index in [-0.39, 0.29) is 0 Å². The Hall–Kier alpha value is -2.67. The number of unbranched alkanes of at least 4 members (excludes halogenated alkanes) is 4. The molecule has 0 aliphatic carbocycles. The Kier molecular flexibility index (Phi) is 6.59. The second kappa shape index (κ2) is 9.32. The molecule has 4 heteroatoms. The Bertz CT molecular complexity index is 932. The zero-order chi connectivity index (χ0) is 19.1. The molecule has 2 aromatic heterocycles. The second-order valence-corrected chi connectivity index (χ2v) is 7.09. The van der Waals surface area contributed by atoms with Gasteiger partial charge in [0.2, 0.25) is 0 Å². The lowest BCUT2D eigenvalue weighted by Gasteiger charge is -2.25. The van der Waals surface area contributed by atoms with Gasteiger partial charge in [0, 0.05) is 30.1 Å². The number of hydrogen-bond donors (Lipinski definition) is 0. The van der Waals surface area contributed by atoms with Crippen LogP contribution < -0.4 is 4.90 Å². The summed E-state index contributed by atoms with van der Waals surface area (Å²) < 4.78 is 0. The number of fused-ring (bicyclic) bond motifs is 2. The monoisotopic (exact) mass is 360 g/mol. The summed E-state index contributed by atoms with van der Waals surface area (Å²) in [6.07, 6.45) is 8.89. The van der Waals surface area contributed by atoms with Gasteiger partial charge in [-0.05, 0) is 25.0 Å². The van der Waals surface area contributed by atoms with Gasteiger partial charge < -0.3 is 4.90 Å². The third-order valence-corrected chi connectivity index (χ3v) is 5.01. The minimum atomic E-state index is 0.603. The van der Waals surface area contributed by atoms with Crippen LogP contribution in [0.15, 0.2) is 36.5 Å². The highest BCUT2D eigenvalue weighted by atomic mass is 15.2. The average Bonchev–Trinajstić information content (AvgIpc) is 2.70. The van der Waals surface area contributed by atoms with Crippen LogP contribution in [0.4, 0.5) is 5.82 Å². The van der Waals surface area contributed by atoms with E-state index in [4.69, 9.17) is 9.97 Å². The van der Waals surface area contributed by atoms with Crippen molar-refractivity contribution in [2.45, 2.75) is 52.4 Å². The summed E-state index contributed by atoms with van der Waals surface area (Å²) in [6.45, 7) is 6.31. The van der Waals surface area contributed by atoms with Crippen molar-refractivity contribution >= 4 is 27.6 Å². The molecular formula is C23H28N4. The van der Waals surface area contributed by atoms with Crippen molar-refractivity contribution in [3.05, 3.63) is 42.1 Å². The van der Waals surface area contributed by atoms with Gasteiger partial charge in [0.1, 0.15) is 17.5 Å². The minimum Gasteiger partial charge on any atom is -0.355 e. The zero-order valence-corrected chi connectivity index (χ0v) is 16.4. The molecule has 2 heterocycles. The van der Waals surface area contributed by atoms with Crippen LogP contribution in [0.5, 0.6) is 0 Å².